The molecule has 0 amide bonds. The van der Waals surface area contributed by atoms with E-state index in [-0.39, 0.29) is 12.0 Å². The normalized spacial score (nSPS) is 15.4. The highest BCUT2D eigenvalue weighted by Crippen LogP contribution is 2.43. The lowest BCUT2D eigenvalue weighted by atomic mass is 9.78. The summed E-state index contributed by atoms with van der Waals surface area (Å²) < 4.78 is 44.0. The summed E-state index contributed by atoms with van der Waals surface area (Å²) in [5.74, 6) is 0.485. The van der Waals surface area contributed by atoms with Crippen LogP contribution in [0.15, 0.2) is 24.3 Å². The minimum atomic E-state index is -4.48. The number of halogens is 3. The highest BCUT2D eigenvalue weighted by Gasteiger charge is 2.54. The van der Waals surface area contributed by atoms with E-state index in [9.17, 15) is 13.2 Å². The lowest BCUT2D eigenvalue weighted by Crippen LogP contribution is -2.45. The Hall–Kier alpha value is -1.23. The van der Waals surface area contributed by atoms with Crippen LogP contribution in [0.5, 0.6) is 5.75 Å². The van der Waals surface area contributed by atoms with Gasteiger partial charge in [0.25, 0.3) is 0 Å². The van der Waals surface area contributed by atoms with Gasteiger partial charge in [0.05, 0.1) is 13.7 Å². The summed E-state index contributed by atoms with van der Waals surface area (Å²) in [5, 5.41) is 9.14. The highest BCUT2D eigenvalue weighted by atomic mass is 19.4. The number of rotatable bonds is 4. The first-order valence-electron chi connectivity index (χ1n) is 5.23. The van der Waals surface area contributed by atoms with Gasteiger partial charge in [-0.15, -0.1) is 0 Å². The molecule has 0 spiro atoms. The number of benzene rings is 1. The largest absolute Gasteiger partial charge is 0.497 e. The van der Waals surface area contributed by atoms with Crippen LogP contribution in [0.25, 0.3) is 0 Å². The SMILES string of the molecule is CCC(CO)(c1ccc(OC)cc1)C(F)(F)F. The van der Waals surface area contributed by atoms with E-state index in [1.165, 1.54) is 38.3 Å². The van der Waals surface area contributed by atoms with Gasteiger partial charge in [0.2, 0.25) is 0 Å². The summed E-state index contributed by atoms with van der Waals surface area (Å²) in [6, 6.07) is 5.60. The second kappa shape index (κ2) is 4.96. The Morgan fingerprint density at radius 1 is 1.18 bits per heavy atom. The standard InChI is InChI=1S/C12H15F3O2/c1-3-11(8-16,12(13,14)15)9-4-6-10(17-2)7-5-9/h4-7,16H,3,8H2,1-2H3. The molecule has 17 heavy (non-hydrogen) atoms. The Morgan fingerprint density at radius 3 is 2.00 bits per heavy atom. The Bertz CT molecular complexity index is 353. The minimum Gasteiger partial charge on any atom is -0.497 e. The van der Waals surface area contributed by atoms with Gasteiger partial charge in [0, 0.05) is 0 Å². The topological polar surface area (TPSA) is 29.5 Å². The van der Waals surface area contributed by atoms with Crippen molar-refractivity contribution in [2.75, 3.05) is 13.7 Å². The van der Waals surface area contributed by atoms with E-state index < -0.39 is 18.2 Å². The van der Waals surface area contributed by atoms with E-state index in [1.807, 2.05) is 0 Å². The fourth-order valence-electron chi connectivity index (χ4n) is 1.77. The maximum absolute atomic E-state index is 13.1. The molecule has 5 heteroatoms. The first-order chi connectivity index (χ1) is 7.91. The molecule has 0 radical (unpaired) electrons. The average molecular weight is 248 g/mol. The van der Waals surface area contributed by atoms with Gasteiger partial charge in [-0.1, -0.05) is 19.1 Å². The van der Waals surface area contributed by atoms with E-state index in [1.54, 1.807) is 0 Å². The van der Waals surface area contributed by atoms with E-state index >= 15 is 0 Å². The molecule has 0 saturated carbocycles. The van der Waals surface area contributed by atoms with Crippen LogP contribution in [0.3, 0.4) is 0 Å². The number of alkyl halides is 3. The molecule has 2 nitrogen and oxygen atoms in total. The third-order valence-corrected chi connectivity index (χ3v) is 3.06. The first kappa shape index (κ1) is 13.8. The molecule has 0 bridgehead atoms. The van der Waals surface area contributed by atoms with Gasteiger partial charge in [-0.3, -0.25) is 0 Å². The zero-order valence-electron chi connectivity index (χ0n) is 9.71. The maximum atomic E-state index is 13.1. The van der Waals surface area contributed by atoms with E-state index in [4.69, 9.17) is 9.84 Å². The van der Waals surface area contributed by atoms with Crippen LogP contribution < -0.4 is 4.74 Å². The molecular weight excluding hydrogens is 233 g/mol. The van der Waals surface area contributed by atoms with Crippen molar-refractivity contribution in [3.05, 3.63) is 29.8 Å². The van der Waals surface area contributed by atoms with E-state index in [0.29, 0.717) is 5.75 Å². The summed E-state index contributed by atoms with van der Waals surface area (Å²) in [4.78, 5) is 0. The Morgan fingerprint density at radius 2 is 1.71 bits per heavy atom. The number of ether oxygens (including phenoxy) is 1. The second-order valence-corrected chi connectivity index (χ2v) is 3.82. The summed E-state index contributed by atoms with van der Waals surface area (Å²) in [7, 11) is 1.44. The number of methoxy groups -OCH3 is 1. The van der Waals surface area contributed by atoms with Gasteiger partial charge in [0.15, 0.2) is 0 Å². The van der Waals surface area contributed by atoms with Crippen molar-refractivity contribution in [1.82, 2.24) is 0 Å². The van der Waals surface area contributed by atoms with E-state index in [0.717, 1.165) is 0 Å². The molecule has 1 rings (SSSR count). The first-order valence-corrected chi connectivity index (χ1v) is 5.23. The van der Waals surface area contributed by atoms with Gasteiger partial charge < -0.3 is 9.84 Å². The molecule has 0 aliphatic heterocycles. The minimum absolute atomic E-state index is 0.0517. The molecule has 0 aromatic heterocycles. The average Bonchev–Trinajstić information content (AvgIpc) is 2.30. The molecule has 1 atom stereocenters. The van der Waals surface area contributed by atoms with Gasteiger partial charge in [-0.05, 0) is 24.1 Å². The fourth-order valence-corrected chi connectivity index (χ4v) is 1.77. The van der Waals surface area contributed by atoms with Crippen molar-refractivity contribution >= 4 is 0 Å². The van der Waals surface area contributed by atoms with Crippen LogP contribution in [-0.4, -0.2) is 25.0 Å². The summed E-state index contributed by atoms with van der Waals surface area (Å²) in [5.41, 5.74) is -2.14. The molecular formula is C12H15F3O2. The monoisotopic (exact) mass is 248 g/mol. The predicted molar refractivity (Wildman–Crippen MR) is 58.1 cm³/mol. The molecule has 96 valence electrons. The van der Waals surface area contributed by atoms with Crippen molar-refractivity contribution in [2.24, 2.45) is 0 Å². The third-order valence-electron chi connectivity index (χ3n) is 3.06. The van der Waals surface area contributed by atoms with Crippen LogP contribution in [0.1, 0.15) is 18.9 Å². The fraction of sp³-hybridized carbons (Fsp3) is 0.500. The predicted octanol–water partition coefficient (Wildman–Crippen LogP) is 2.90. The quantitative estimate of drug-likeness (QED) is 0.887. The molecule has 0 fully saturated rings. The van der Waals surface area contributed by atoms with Gasteiger partial charge in [-0.2, -0.15) is 13.2 Å². The lowest BCUT2D eigenvalue weighted by molar-refractivity contribution is -0.202. The third kappa shape index (κ3) is 2.39. The van der Waals surface area contributed by atoms with E-state index in [2.05, 4.69) is 0 Å². The lowest BCUT2D eigenvalue weighted by Gasteiger charge is -2.33. The molecule has 1 unspecified atom stereocenters. The van der Waals surface area contributed by atoms with Gasteiger partial charge in [0.1, 0.15) is 11.2 Å². The Labute approximate surface area is 98.0 Å². The Kier molecular flexibility index (Phi) is 4.03. The summed E-state index contributed by atoms with van der Waals surface area (Å²) >= 11 is 0. The number of hydrogen-bond donors (Lipinski definition) is 1. The van der Waals surface area contributed by atoms with Crippen molar-refractivity contribution in [1.29, 1.82) is 0 Å². The molecule has 0 aliphatic carbocycles. The zero-order valence-corrected chi connectivity index (χ0v) is 9.71. The zero-order chi connectivity index (χ0) is 13.1. The number of aliphatic hydroxyl groups is 1. The molecule has 1 aromatic rings. The Balaban J connectivity index is 3.22. The van der Waals surface area contributed by atoms with Crippen molar-refractivity contribution in [2.45, 2.75) is 24.9 Å². The van der Waals surface area contributed by atoms with Crippen LogP contribution >= 0.6 is 0 Å². The smallest absolute Gasteiger partial charge is 0.400 e. The van der Waals surface area contributed by atoms with Crippen LogP contribution in [0.2, 0.25) is 0 Å². The molecule has 0 saturated heterocycles. The molecule has 0 aliphatic rings. The van der Waals surface area contributed by atoms with Gasteiger partial charge in [-0.25, -0.2) is 0 Å². The van der Waals surface area contributed by atoms with Gasteiger partial charge >= 0.3 is 6.18 Å². The molecule has 0 heterocycles. The van der Waals surface area contributed by atoms with Crippen LogP contribution in [-0.2, 0) is 5.41 Å². The number of aliphatic hydroxyl groups excluding tert-OH is 1. The number of hydrogen-bond acceptors (Lipinski definition) is 2. The molecule has 1 N–H and O–H groups in total. The van der Waals surface area contributed by atoms with Crippen molar-refractivity contribution in [3.63, 3.8) is 0 Å². The summed E-state index contributed by atoms with van der Waals surface area (Å²) in [6.45, 7) is 0.452. The van der Waals surface area contributed by atoms with Crippen LogP contribution in [0, 0.1) is 0 Å². The van der Waals surface area contributed by atoms with Crippen molar-refractivity contribution in [3.8, 4) is 5.75 Å². The summed E-state index contributed by atoms with van der Waals surface area (Å²) in [6.07, 6.45) is -4.69. The molecule has 1 aromatic carbocycles. The van der Waals surface area contributed by atoms with Crippen LogP contribution in [0.4, 0.5) is 13.2 Å². The maximum Gasteiger partial charge on any atom is 0.400 e. The second-order valence-electron chi connectivity index (χ2n) is 3.82. The highest BCUT2D eigenvalue weighted by molar-refractivity contribution is 5.33. The van der Waals surface area contributed by atoms with Crippen molar-refractivity contribution < 1.29 is 23.0 Å².